The number of aryl methyl sites for hydroxylation is 1. The molecular weight excluding hydrogens is 263 g/mol. The van der Waals surface area contributed by atoms with Gasteiger partial charge in [-0.05, 0) is 37.0 Å². The maximum atomic E-state index is 13.8. The summed E-state index contributed by atoms with van der Waals surface area (Å²) in [6, 6.07) is 15.1. The van der Waals surface area contributed by atoms with Gasteiger partial charge in [-0.3, -0.25) is 0 Å². The monoisotopic (exact) mass is 284 g/mol. The summed E-state index contributed by atoms with van der Waals surface area (Å²) < 4.78 is 13.8. The van der Waals surface area contributed by atoms with Gasteiger partial charge in [-0.25, -0.2) is 4.39 Å². The van der Waals surface area contributed by atoms with Crippen LogP contribution in [0.15, 0.2) is 48.5 Å². The maximum Gasteiger partial charge on any atom is 0.127 e. The van der Waals surface area contributed by atoms with Gasteiger partial charge in [0, 0.05) is 30.4 Å². The van der Waals surface area contributed by atoms with E-state index in [4.69, 9.17) is 5.73 Å². The predicted octanol–water partition coefficient (Wildman–Crippen LogP) is 3.67. The van der Waals surface area contributed by atoms with Gasteiger partial charge >= 0.3 is 0 Å². The summed E-state index contributed by atoms with van der Waals surface area (Å²) in [6.07, 6.45) is 3.08. The highest BCUT2D eigenvalue weighted by atomic mass is 19.1. The molecule has 1 aliphatic rings. The Balaban J connectivity index is 1.67. The molecule has 21 heavy (non-hydrogen) atoms. The molecule has 0 fully saturated rings. The second kappa shape index (κ2) is 6.27. The minimum absolute atomic E-state index is 0.205. The highest BCUT2D eigenvalue weighted by Gasteiger charge is 2.18. The largest absolute Gasteiger partial charge is 0.371 e. The number of fused-ring (bicyclic) bond motifs is 1. The minimum atomic E-state index is -0.250. The van der Waals surface area contributed by atoms with Crippen molar-refractivity contribution >= 4 is 5.69 Å². The third-order valence-electron chi connectivity index (χ3n) is 4.22. The predicted molar refractivity (Wildman–Crippen MR) is 84.9 cm³/mol. The highest BCUT2D eigenvalue weighted by Crippen LogP contribution is 2.28. The summed E-state index contributed by atoms with van der Waals surface area (Å²) in [4.78, 5) is 2.37. The Kier molecular flexibility index (Phi) is 4.20. The second-order valence-electron chi connectivity index (χ2n) is 5.64. The van der Waals surface area contributed by atoms with E-state index in [0.717, 1.165) is 25.9 Å². The van der Waals surface area contributed by atoms with Crippen molar-refractivity contribution in [2.45, 2.75) is 25.3 Å². The Morgan fingerprint density at radius 2 is 1.86 bits per heavy atom. The van der Waals surface area contributed by atoms with Gasteiger partial charge in [0.15, 0.2) is 0 Å². The first-order chi connectivity index (χ1) is 10.3. The molecule has 1 atom stereocenters. The summed E-state index contributed by atoms with van der Waals surface area (Å²) in [6.45, 7) is 1.92. The zero-order valence-electron chi connectivity index (χ0n) is 12.1. The lowest BCUT2D eigenvalue weighted by molar-refractivity contribution is 0.553. The van der Waals surface area contributed by atoms with Crippen molar-refractivity contribution in [3.63, 3.8) is 0 Å². The number of halogens is 1. The molecule has 0 saturated heterocycles. The molecule has 3 rings (SSSR count). The van der Waals surface area contributed by atoms with E-state index in [9.17, 15) is 4.39 Å². The number of nitrogens with zero attached hydrogens (tertiary/aromatic N) is 1. The van der Waals surface area contributed by atoms with E-state index in [1.54, 1.807) is 12.1 Å². The van der Waals surface area contributed by atoms with Gasteiger partial charge in [0.2, 0.25) is 0 Å². The first-order valence-electron chi connectivity index (χ1n) is 7.58. The molecule has 0 bridgehead atoms. The van der Waals surface area contributed by atoms with Crippen LogP contribution >= 0.6 is 0 Å². The van der Waals surface area contributed by atoms with Gasteiger partial charge in [0.05, 0.1) is 0 Å². The van der Waals surface area contributed by atoms with E-state index in [-0.39, 0.29) is 11.9 Å². The van der Waals surface area contributed by atoms with Crippen LogP contribution in [0.3, 0.4) is 0 Å². The molecule has 2 aromatic carbocycles. The molecule has 1 aliphatic heterocycles. The fourth-order valence-corrected chi connectivity index (χ4v) is 3.07. The molecule has 2 nitrogen and oxygen atoms in total. The van der Waals surface area contributed by atoms with Crippen molar-refractivity contribution in [3.05, 3.63) is 65.5 Å². The third kappa shape index (κ3) is 3.08. The summed E-state index contributed by atoms with van der Waals surface area (Å²) in [5.41, 5.74) is 9.50. The Hall–Kier alpha value is -1.87. The van der Waals surface area contributed by atoms with Crippen LogP contribution in [0.5, 0.6) is 0 Å². The third-order valence-corrected chi connectivity index (χ3v) is 4.22. The number of hydrogen-bond donors (Lipinski definition) is 1. The van der Waals surface area contributed by atoms with E-state index >= 15 is 0 Å². The van der Waals surface area contributed by atoms with Crippen molar-refractivity contribution in [2.75, 3.05) is 18.0 Å². The zero-order valence-corrected chi connectivity index (χ0v) is 12.1. The van der Waals surface area contributed by atoms with Crippen molar-refractivity contribution < 1.29 is 4.39 Å². The molecule has 3 heteroatoms. The lowest BCUT2D eigenvalue weighted by Gasteiger charge is -2.32. The first-order valence-corrected chi connectivity index (χ1v) is 7.58. The summed E-state index contributed by atoms with van der Waals surface area (Å²) in [5, 5.41) is 0. The van der Waals surface area contributed by atoms with Crippen LogP contribution in [-0.4, -0.2) is 13.1 Å². The van der Waals surface area contributed by atoms with Gasteiger partial charge in [0.1, 0.15) is 5.82 Å². The van der Waals surface area contributed by atoms with Crippen LogP contribution in [-0.2, 0) is 6.42 Å². The summed E-state index contributed by atoms with van der Waals surface area (Å²) in [7, 11) is 0. The van der Waals surface area contributed by atoms with Gasteiger partial charge in [-0.1, -0.05) is 36.4 Å². The summed E-state index contributed by atoms with van der Waals surface area (Å²) >= 11 is 0. The smallest absolute Gasteiger partial charge is 0.127 e. The van der Waals surface area contributed by atoms with Crippen molar-refractivity contribution in [3.8, 4) is 0 Å². The number of para-hydroxylation sites is 1. The van der Waals surface area contributed by atoms with Crippen molar-refractivity contribution in [2.24, 2.45) is 5.73 Å². The molecule has 2 N–H and O–H groups in total. The van der Waals surface area contributed by atoms with E-state index < -0.39 is 0 Å². The van der Waals surface area contributed by atoms with E-state index in [1.807, 2.05) is 6.07 Å². The van der Waals surface area contributed by atoms with E-state index in [1.165, 1.54) is 23.7 Å². The van der Waals surface area contributed by atoms with Gasteiger partial charge in [-0.2, -0.15) is 0 Å². The number of benzene rings is 2. The van der Waals surface area contributed by atoms with E-state index in [2.05, 4.69) is 29.2 Å². The molecule has 0 radical (unpaired) electrons. The lowest BCUT2D eigenvalue weighted by atomic mass is 10.00. The van der Waals surface area contributed by atoms with E-state index in [0.29, 0.717) is 5.56 Å². The molecule has 1 unspecified atom stereocenters. The lowest BCUT2D eigenvalue weighted by Crippen LogP contribution is -2.32. The molecular formula is C18H21FN2. The average Bonchev–Trinajstić information content (AvgIpc) is 2.53. The molecule has 1 heterocycles. The SMILES string of the molecule is NC(CCN1CCCc2ccccc21)c1ccccc1F. The second-order valence-corrected chi connectivity index (χ2v) is 5.64. The number of anilines is 1. The average molecular weight is 284 g/mol. The van der Waals surface area contributed by atoms with Crippen LogP contribution in [0.2, 0.25) is 0 Å². The number of nitrogens with two attached hydrogens (primary N) is 1. The minimum Gasteiger partial charge on any atom is -0.371 e. The van der Waals surface area contributed by atoms with Crippen LogP contribution < -0.4 is 10.6 Å². The molecule has 0 aliphatic carbocycles. The number of hydrogen-bond acceptors (Lipinski definition) is 2. The standard InChI is InChI=1S/C18H21FN2/c19-16-9-3-2-8-15(16)17(20)11-13-21-12-5-7-14-6-1-4-10-18(14)21/h1-4,6,8-10,17H,5,7,11-13,20H2. The maximum absolute atomic E-state index is 13.8. The van der Waals surface area contributed by atoms with Gasteiger partial charge in [-0.15, -0.1) is 0 Å². The van der Waals surface area contributed by atoms with Crippen molar-refractivity contribution in [1.82, 2.24) is 0 Å². The topological polar surface area (TPSA) is 29.3 Å². The Morgan fingerprint density at radius 1 is 1.10 bits per heavy atom. The number of rotatable bonds is 4. The molecule has 110 valence electrons. The van der Waals surface area contributed by atoms with Crippen LogP contribution in [0.25, 0.3) is 0 Å². The van der Waals surface area contributed by atoms with Gasteiger partial charge in [0.25, 0.3) is 0 Å². The Labute approximate surface area is 125 Å². The van der Waals surface area contributed by atoms with Crippen LogP contribution in [0.1, 0.15) is 30.0 Å². The molecule has 0 amide bonds. The zero-order chi connectivity index (χ0) is 14.7. The highest BCUT2D eigenvalue weighted by molar-refractivity contribution is 5.55. The molecule has 0 saturated carbocycles. The summed E-state index contributed by atoms with van der Waals surface area (Å²) in [5.74, 6) is -0.205. The van der Waals surface area contributed by atoms with Crippen molar-refractivity contribution in [1.29, 1.82) is 0 Å². The fraction of sp³-hybridized carbons (Fsp3) is 0.333. The quantitative estimate of drug-likeness (QED) is 0.928. The van der Waals surface area contributed by atoms with Crippen LogP contribution in [0, 0.1) is 5.82 Å². The Bertz CT molecular complexity index is 612. The fourth-order valence-electron chi connectivity index (χ4n) is 3.07. The molecule has 0 aromatic heterocycles. The van der Waals surface area contributed by atoms with Gasteiger partial charge < -0.3 is 10.6 Å². The normalized spacial score (nSPS) is 15.6. The molecule has 0 spiro atoms. The molecule has 2 aromatic rings. The Morgan fingerprint density at radius 3 is 2.71 bits per heavy atom. The van der Waals surface area contributed by atoms with Crippen LogP contribution in [0.4, 0.5) is 10.1 Å². The first kappa shape index (κ1) is 14.1.